The van der Waals surface area contributed by atoms with Crippen LogP contribution in [0.1, 0.15) is 36.8 Å². The maximum Gasteiger partial charge on any atom is 0.231 e. The first-order chi connectivity index (χ1) is 11.9. The number of carbonyl (C=O) groups is 1. The zero-order valence-electron chi connectivity index (χ0n) is 15.1. The summed E-state index contributed by atoms with van der Waals surface area (Å²) >= 11 is 0. The highest BCUT2D eigenvalue weighted by Gasteiger charge is 2.25. The lowest BCUT2D eigenvalue weighted by Gasteiger charge is -2.29. The van der Waals surface area contributed by atoms with Crippen molar-refractivity contribution in [1.82, 2.24) is 14.5 Å². The van der Waals surface area contributed by atoms with Crippen LogP contribution in [0.2, 0.25) is 0 Å². The molecule has 0 saturated heterocycles. The van der Waals surface area contributed by atoms with E-state index >= 15 is 0 Å². The number of benzene rings is 1. The van der Waals surface area contributed by atoms with Gasteiger partial charge in [-0.1, -0.05) is 12.8 Å². The Morgan fingerprint density at radius 2 is 2.04 bits per heavy atom. The number of imidazole rings is 1. The molecule has 1 amide bonds. The van der Waals surface area contributed by atoms with E-state index in [0.717, 1.165) is 23.9 Å². The van der Waals surface area contributed by atoms with E-state index in [-0.39, 0.29) is 12.5 Å². The largest absolute Gasteiger partial charge is 0.390 e. The van der Waals surface area contributed by atoms with Gasteiger partial charge < -0.3 is 15.4 Å². The molecule has 0 spiro atoms. The zero-order chi connectivity index (χ0) is 18.0. The summed E-state index contributed by atoms with van der Waals surface area (Å²) in [5.41, 5.74) is 9.80. The summed E-state index contributed by atoms with van der Waals surface area (Å²) in [7, 11) is 0. The third-order valence-electron chi connectivity index (χ3n) is 5.29. The topological polar surface area (TPSA) is 84.4 Å². The van der Waals surface area contributed by atoms with Crippen molar-refractivity contribution in [3.8, 4) is 0 Å². The minimum absolute atomic E-state index is 0.213. The van der Waals surface area contributed by atoms with Crippen molar-refractivity contribution in [2.75, 3.05) is 13.1 Å². The molecule has 0 bridgehead atoms. The summed E-state index contributed by atoms with van der Waals surface area (Å²) in [6, 6.07) is 4.54. The number of nitrogens with zero attached hydrogens (tertiary/aromatic N) is 3. The lowest BCUT2D eigenvalue weighted by molar-refractivity contribution is -0.120. The molecule has 136 valence electrons. The van der Waals surface area contributed by atoms with Crippen LogP contribution >= 0.6 is 0 Å². The molecule has 6 nitrogen and oxygen atoms in total. The second-order valence-electron chi connectivity index (χ2n) is 7.31. The minimum atomic E-state index is -0.570. The van der Waals surface area contributed by atoms with E-state index in [4.69, 9.17) is 5.73 Å². The molecule has 1 fully saturated rings. The van der Waals surface area contributed by atoms with Crippen molar-refractivity contribution >= 4 is 16.9 Å². The molecule has 2 aromatic rings. The maximum absolute atomic E-state index is 11.4. The highest BCUT2D eigenvalue weighted by Crippen LogP contribution is 2.24. The smallest absolute Gasteiger partial charge is 0.231 e. The third kappa shape index (κ3) is 4.19. The predicted octanol–water partition coefficient (Wildman–Crippen LogP) is 1.74. The Labute approximate surface area is 148 Å². The van der Waals surface area contributed by atoms with E-state index in [0.29, 0.717) is 19.1 Å². The van der Waals surface area contributed by atoms with Gasteiger partial charge in [0.15, 0.2) is 0 Å². The monoisotopic (exact) mass is 344 g/mol. The highest BCUT2D eigenvalue weighted by atomic mass is 16.3. The summed E-state index contributed by atoms with van der Waals surface area (Å²) in [6.45, 7) is 5.28. The predicted molar refractivity (Wildman–Crippen MR) is 98.2 cm³/mol. The van der Waals surface area contributed by atoms with Gasteiger partial charge in [0, 0.05) is 12.6 Å². The van der Waals surface area contributed by atoms with E-state index in [2.05, 4.69) is 35.9 Å². The number of aliphatic hydroxyl groups excluding tert-OH is 1. The number of carbonyl (C=O) groups excluding carboxylic acids is 1. The third-order valence-corrected chi connectivity index (χ3v) is 5.29. The van der Waals surface area contributed by atoms with Crippen molar-refractivity contribution in [1.29, 1.82) is 0 Å². The Bertz CT molecular complexity index is 749. The fourth-order valence-electron chi connectivity index (χ4n) is 3.83. The summed E-state index contributed by atoms with van der Waals surface area (Å²) in [5.74, 6) is -0.335. The Kier molecular flexibility index (Phi) is 5.39. The van der Waals surface area contributed by atoms with Crippen molar-refractivity contribution < 1.29 is 9.90 Å². The SMILES string of the molecule is Cc1cc2ncn(CC(O)CN(CC(N)=O)C3CCCC3)c2cc1C. The number of hydrogen-bond donors (Lipinski definition) is 2. The molecule has 6 heteroatoms. The molecule has 1 heterocycles. The number of aryl methyl sites for hydroxylation is 2. The Morgan fingerprint density at radius 3 is 2.72 bits per heavy atom. The first-order valence-corrected chi connectivity index (χ1v) is 9.06. The summed E-state index contributed by atoms with van der Waals surface area (Å²) in [5, 5.41) is 10.6. The van der Waals surface area contributed by atoms with Crippen LogP contribution in [0.5, 0.6) is 0 Å². The second kappa shape index (κ2) is 7.54. The van der Waals surface area contributed by atoms with Gasteiger partial charge in [0.25, 0.3) is 0 Å². The van der Waals surface area contributed by atoms with Gasteiger partial charge >= 0.3 is 0 Å². The lowest BCUT2D eigenvalue weighted by Crippen LogP contribution is -2.45. The van der Waals surface area contributed by atoms with Gasteiger partial charge in [-0.05, 0) is 49.9 Å². The Hall–Kier alpha value is -1.92. The molecule has 1 aliphatic rings. The molecule has 0 aliphatic heterocycles. The number of nitrogens with two attached hydrogens (primary N) is 1. The zero-order valence-corrected chi connectivity index (χ0v) is 15.1. The first-order valence-electron chi connectivity index (χ1n) is 9.06. The molecule has 1 unspecified atom stereocenters. The van der Waals surface area contributed by atoms with Gasteiger partial charge in [0.1, 0.15) is 0 Å². The van der Waals surface area contributed by atoms with Crippen LogP contribution in [0, 0.1) is 13.8 Å². The van der Waals surface area contributed by atoms with Crippen molar-refractivity contribution in [2.45, 2.75) is 58.2 Å². The van der Waals surface area contributed by atoms with Crippen LogP contribution in [-0.2, 0) is 11.3 Å². The van der Waals surface area contributed by atoms with E-state index in [9.17, 15) is 9.90 Å². The van der Waals surface area contributed by atoms with Gasteiger partial charge in [-0.3, -0.25) is 9.69 Å². The summed E-state index contributed by atoms with van der Waals surface area (Å²) < 4.78 is 1.99. The first kappa shape index (κ1) is 17.9. The van der Waals surface area contributed by atoms with Gasteiger partial charge in [-0.25, -0.2) is 4.98 Å². The Morgan fingerprint density at radius 1 is 1.36 bits per heavy atom. The number of rotatable bonds is 7. The number of fused-ring (bicyclic) bond motifs is 1. The van der Waals surface area contributed by atoms with E-state index < -0.39 is 6.10 Å². The molecular weight excluding hydrogens is 316 g/mol. The summed E-state index contributed by atoms with van der Waals surface area (Å²) in [6.07, 6.45) is 5.72. The molecule has 0 radical (unpaired) electrons. The van der Waals surface area contributed by atoms with Gasteiger partial charge in [0.05, 0.1) is 36.6 Å². The van der Waals surface area contributed by atoms with Crippen LogP contribution < -0.4 is 5.73 Å². The van der Waals surface area contributed by atoms with Crippen molar-refractivity contribution in [3.05, 3.63) is 29.6 Å². The normalized spacial score (nSPS) is 16.8. The van der Waals surface area contributed by atoms with Crippen LogP contribution in [0.3, 0.4) is 0 Å². The van der Waals surface area contributed by atoms with Crippen molar-refractivity contribution in [3.63, 3.8) is 0 Å². The highest BCUT2D eigenvalue weighted by molar-refractivity contribution is 5.77. The number of hydrogen-bond acceptors (Lipinski definition) is 4. The second-order valence-corrected chi connectivity index (χ2v) is 7.31. The number of aromatic nitrogens is 2. The molecule has 1 aromatic heterocycles. The van der Waals surface area contributed by atoms with Gasteiger partial charge in [0.2, 0.25) is 5.91 Å². The minimum Gasteiger partial charge on any atom is -0.390 e. The molecule has 3 N–H and O–H groups in total. The molecular formula is C19H28N4O2. The fourth-order valence-corrected chi connectivity index (χ4v) is 3.83. The number of primary amides is 1. The average molecular weight is 344 g/mol. The van der Waals surface area contributed by atoms with Crippen molar-refractivity contribution in [2.24, 2.45) is 5.73 Å². The van der Waals surface area contributed by atoms with Crippen LogP contribution in [0.15, 0.2) is 18.5 Å². The van der Waals surface area contributed by atoms with E-state index in [1.807, 2.05) is 4.57 Å². The molecule has 1 aliphatic carbocycles. The molecule has 3 rings (SSSR count). The maximum atomic E-state index is 11.4. The molecule has 1 aromatic carbocycles. The lowest BCUT2D eigenvalue weighted by atomic mass is 10.1. The van der Waals surface area contributed by atoms with Crippen LogP contribution in [0.4, 0.5) is 0 Å². The van der Waals surface area contributed by atoms with Gasteiger partial charge in [-0.15, -0.1) is 0 Å². The number of aliphatic hydroxyl groups is 1. The molecule has 25 heavy (non-hydrogen) atoms. The summed E-state index contributed by atoms with van der Waals surface area (Å²) in [4.78, 5) is 17.9. The average Bonchev–Trinajstić information content (AvgIpc) is 3.18. The fraction of sp³-hybridized carbons (Fsp3) is 0.579. The Balaban J connectivity index is 1.71. The van der Waals surface area contributed by atoms with E-state index in [1.165, 1.54) is 24.0 Å². The molecule has 1 atom stereocenters. The number of amides is 1. The quantitative estimate of drug-likeness (QED) is 0.801. The van der Waals surface area contributed by atoms with Crippen LogP contribution in [-0.4, -0.2) is 50.7 Å². The van der Waals surface area contributed by atoms with Crippen LogP contribution in [0.25, 0.3) is 11.0 Å². The van der Waals surface area contributed by atoms with Gasteiger partial charge in [-0.2, -0.15) is 0 Å². The van der Waals surface area contributed by atoms with E-state index in [1.54, 1.807) is 6.33 Å². The molecule has 1 saturated carbocycles. The standard InChI is InChI=1S/C19H28N4O2/c1-13-7-17-18(8-14(13)2)23(12-21-17)10-16(24)9-22(11-19(20)25)15-5-3-4-6-15/h7-8,12,15-16,24H,3-6,9-11H2,1-2H3,(H2,20,25).